The minimum atomic E-state index is -0.291. The van der Waals surface area contributed by atoms with E-state index < -0.39 is 0 Å². The number of nitrogens with zero attached hydrogens (tertiary/aromatic N) is 3. The van der Waals surface area contributed by atoms with Crippen LogP contribution < -0.4 is 5.56 Å². The Labute approximate surface area is 128 Å². The number of rotatable bonds is 4. The van der Waals surface area contributed by atoms with Gasteiger partial charge in [-0.1, -0.05) is 0 Å². The molecule has 1 fully saturated rings. The van der Waals surface area contributed by atoms with Gasteiger partial charge in [-0.3, -0.25) is 14.4 Å². The lowest BCUT2D eigenvalue weighted by atomic mass is 9.97. The summed E-state index contributed by atoms with van der Waals surface area (Å²) in [6.45, 7) is 4.87. The predicted molar refractivity (Wildman–Crippen MR) is 79.2 cm³/mol. The SMILES string of the molecule is CCOC(=O)C1CCN(C(=O)Cn2nc(C)ccc2=O)CC1. The summed E-state index contributed by atoms with van der Waals surface area (Å²) in [5.41, 5.74) is 0.397. The predicted octanol–water partition coefficient (Wildman–Crippen LogP) is 0.353. The molecule has 1 aromatic rings. The zero-order valence-electron chi connectivity index (χ0n) is 12.9. The van der Waals surface area contributed by atoms with Gasteiger partial charge < -0.3 is 9.64 Å². The van der Waals surface area contributed by atoms with Gasteiger partial charge in [-0.25, -0.2) is 4.68 Å². The third kappa shape index (κ3) is 3.93. The Bertz CT molecular complexity index is 603. The Morgan fingerprint density at radius 3 is 2.64 bits per heavy atom. The van der Waals surface area contributed by atoms with Crippen LogP contribution >= 0.6 is 0 Å². The highest BCUT2D eigenvalue weighted by Gasteiger charge is 2.28. The highest BCUT2D eigenvalue weighted by atomic mass is 16.5. The van der Waals surface area contributed by atoms with E-state index in [0.29, 0.717) is 38.2 Å². The molecule has 7 heteroatoms. The van der Waals surface area contributed by atoms with E-state index in [9.17, 15) is 14.4 Å². The number of esters is 1. The lowest BCUT2D eigenvalue weighted by molar-refractivity contribution is -0.151. The van der Waals surface area contributed by atoms with Crippen LogP contribution in [-0.4, -0.2) is 46.3 Å². The number of amides is 1. The Hall–Kier alpha value is -2.18. The number of carbonyl (C=O) groups excluding carboxylic acids is 2. The molecule has 0 spiro atoms. The van der Waals surface area contributed by atoms with Crippen molar-refractivity contribution in [2.45, 2.75) is 33.2 Å². The third-order valence-electron chi connectivity index (χ3n) is 3.75. The van der Waals surface area contributed by atoms with Crippen molar-refractivity contribution in [3.8, 4) is 0 Å². The number of hydrogen-bond acceptors (Lipinski definition) is 5. The zero-order valence-corrected chi connectivity index (χ0v) is 12.9. The van der Waals surface area contributed by atoms with Crippen LogP contribution in [0.15, 0.2) is 16.9 Å². The van der Waals surface area contributed by atoms with Crippen LogP contribution in [0.4, 0.5) is 0 Å². The molecular formula is C15H21N3O4. The van der Waals surface area contributed by atoms with E-state index in [1.54, 1.807) is 24.8 Å². The molecule has 1 amide bonds. The number of carbonyl (C=O) groups is 2. The average Bonchev–Trinajstić information content (AvgIpc) is 2.51. The van der Waals surface area contributed by atoms with E-state index in [0.717, 1.165) is 0 Å². The van der Waals surface area contributed by atoms with Crippen molar-refractivity contribution in [2.24, 2.45) is 5.92 Å². The second-order valence-corrected chi connectivity index (χ2v) is 5.38. The highest BCUT2D eigenvalue weighted by molar-refractivity contribution is 5.77. The van der Waals surface area contributed by atoms with Gasteiger partial charge in [0.1, 0.15) is 6.54 Å². The van der Waals surface area contributed by atoms with Crippen molar-refractivity contribution >= 4 is 11.9 Å². The van der Waals surface area contributed by atoms with Crippen LogP contribution in [0.5, 0.6) is 0 Å². The lowest BCUT2D eigenvalue weighted by Gasteiger charge is -2.30. The standard InChI is InChI=1S/C15H21N3O4/c1-3-22-15(21)12-6-8-17(9-7-12)14(20)10-18-13(19)5-4-11(2)16-18/h4-5,12H,3,6-10H2,1-2H3. The van der Waals surface area contributed by atoms with Crippen molar-refractivity contribution in [1.29, 1.82) is 0 Å². The topological polar surface area (TPSA) is 81.5 Å². The van der Waals surface area contributed by atoms with Crippen LogP contribution in [0.1, 0.15) is 25.5 Å². The Kier molecular flexibility index (Phi) is 5.30. The minimum Gasteiger partial charge on any atom is -0.466 e. The van der Waals surface area contributed by atoms with E-state index in [1.807, 2.05) is 0 Å². The molecule has 7 nitrogen and oxygen atoms in total. The van der Waals surface area contributed by atoms with Gasteiger partial charge in [0.15, 0.2) is 0 Å². The largest absolute Gasteiger partial charge is 0.466 e. The molecule has 0 saturated carbocycles. The van der Waals surface area contributed by atoms with Crippen molar-refractivity contribution in [2.75, 3.05) is 19.7 Å². The number of hydrogen-bond donors (Lipinski definition) is 0. The quantitative estimate of drug-likeness (QED) is 0.750. The molecule has 1 aliphatic rings. The number of aromatic nitrogens is 2. The van der Waals surface area contributed by atoms with Crippen molar-refractivity contribution in [3.05, 3.63) is 28.2 Å². The number of aryl methyl sites for hydroxylation is 1. The van der Waals surface area contributed by atoms with Gasteiger partial charge in [0, 0.05) is 19.2 Å². The van der Waals surface area contributed by atoms with Crippen LogP contribution in [-0.2, 0) is 20.9 Å². The normalized spacial score (nSPS) is 15.6. The summed E-state index contributed by atoms with van der Waals surface area (Å²) in [5, 5.41) is 4.06. The lowest BCUT2D eigenvalue weighted by Crippen LogP contribution is -2.43. The van der Waals surface area contributed by atoms with Gasteiger partial charge >= 0.3 is 5.97 Å². The fourth-order valence-electron chi connectivity index (χ4n) is 2.52. The molecule has 1 saturated heterocycles. The summed E-state index contributed by atoms with van der Waals surface area (Å²) in [4.78, 5) is 37.3. The fourth-order valence-corrected chi connectivity index (χ4v) is 2.52. The van der Waals surface area contributed by atoms with E-state index in [2.05, 4.69) is 5.10 Å². The molecule has 0 unspecified atom stereocenters. The molecule has 1 aliphatic heterocycles. The molecule has 1 aromatic heterocycles. The van der Waals surface area contributed by atoms with Crippen LogP contribution in [0.2, 0.25) is 0 Å². The maximum Gasteiger partial charge on any atom is 0.309 e. The van der Waals surface area contributed by atoms with Crippen molar-refractivity contribution < 1.29 is 14.3 Å². The summed E-state index contributed by atoms with van der Waals surface area (Å²) >= 11 is 0. The number of piperidine rings is 1. The van der Waals surface area contributed by atoms with E-state index in [-0.39, 0.29) is 29.9 Å². The monoisotopic (exact) mass is 307 g/mol. The fraction of sp³-hybridized carbons (Fsp3) is 0.600. The molecule has 0 bridgehead atoms. The first-order valence-electron chi connectivity index (χ1n) is 7.50. The smallest absolute Gasteiger partial charge is 0.309 e. The molecule has 0 radical (unpaired) electrons. The van der Waals surface area contributed by atoms with Crippen molar-refractivity contribution in [3.63, 3.8) is 0 Å². The summed E-state index contributed by atoms with van der Waals surface area (Å²) < 4.78 is 6.18. The molecule has 0 atom stereocenters. The van der Waals surface area contributed by atoms with Gasteiger partial charge in [-0.15, -0.1) is 0 Å². The average molecular weight is 307 g/mol. The summed E-state index contributed by atoms with van der Waals surface area (Å²) in [7, 11) is 0. The molecule has 0 N–H and O–H groups in total. The van der Waals surface area contributed by atoms with Gasteiger partial charge in [0.05, 0.1) is 18.2 Å². The second kappa shape index (κ2) is 7.20. The molecule has 120 valence electrons. The first kappa shape index (κ1) is 16.2. The van der Waals surface area contributed by atoms with E-state index in [1.165, 1.54) is 10.7 Å². The molecular weight excluding hydrogens is 286 g/mol. The molecule has 2 rings (SSSR count). The second-order valence-electron chi connectivity index (χ2n) is 5.38. The molecule has 2 heterocycles. The Balaban J connectivity index is 1.91. The van der Waals surface area contributed by atoms with Crippen LogP contribution in [0, 0.1) is 12.8 Å². The summed E-state index contributed by atoms with van der Waals surface area (Å²) in [6.07, 6.45) is 1.20. The first-order valence-corrected chi connectivity index (χ1v) is 7.50. The van der Waals surface area contributed by atoms with Crippen LogP contribution in [0.25, 0.3) is 0 Å². The van der Waals surface area contributed by atoms with Crippen LogP contribution in [0.3, 0.4) is 0 Å². The highest BCUT2D eigenvalue weighted by Crippen LogP contribution is 2.18. The summed E-state index contributed by atoms with van der Waals surface area (Å²) in [6, 6.07) is 3.02. The molecule has 0 aliphatic carbocycles. The first-order chi connectivity index (χ1) is 10.5. The minimum absolute atomic E-state index is 0.0649. The zero-order chi connectivity index (χ0) is 16.1. The molecule has 22 heavy (non-hydrogen) atoms. The van der Waals surface area contributed by atoms with Gasteiger partial charge in [-0.05, 0) is 32.8 Å². The summed E-state index contributed by atoms with van der Waals surface area (Å²) in [5.74, 6) is -0.475. The number of likely N-dealkylation sites (tertiary alicyclic amines) is 1. The Morgan fingerprint density at radius 2 is 2.00 bits per heavy atom. The Morgan fingerprint density at radius 1 is 1.32 bits per heavy atom. The molecule has 0 aromatic carbocycles. The van der Waals surface area contributed by atoms with E-state index in [4.69, 9.17) is 4.74 Å². The maximum absolute atomic E-state index is 12.2. The van der Waals surface area contributed by atoms with Gasteiger partial charge in [-0.2, -0.15) is 5.10 Å². The number of ether oxygens (including phenoxy) is 1. The maximum atomic E-state index is 12.2. The van der Waals surface area contributed by atoms with Crippen molar-refractivity contribution in [1.82, 2.24) is 14.7 Å². The van der Waals surface area contributed by atoms with Gasteiger partial charge in [0.25, 0.3) is 5.56 Å². The van der Waals surface area contributed by atoms with Gasteiger partial charge in [0.2, 0.25) is 5.91 Å². The third-order valence-corrected chi connectivity index (χ3v) is 3.75. The van der Waals surface area contributed by atoms with E-state index >= 15 is 0 Å².